The lowest BCUT2D eigenvalue weighted by atomic mass is 10.1. The number of nitrogens with zero attached hydrogens (tertiary/aromatic N) is 2. The van der Waals surface area contributed by atoms with Crippen LogP contribution in [0.2, 0.25) is 0 Å². The van der Waals surface area contributed by atoms with E-state index in [1.54, 1.807) is 38.4 Å². The summed E-state index contributed by atoms with van der Waals surface area (Å²) >= 11 is 3.45. The van der Waals surface area contributed by atoms with E-state index >= 15 is 0 Å². The molecule has 144 valence electrons. The summed E-state index contributed by atoms with van der Waals surface area (Å²) in [7, 11) is 3.42. The lowest BCUT2D eigenvalue weighted by Crippen LogP contribution is -2.21. The number of aromatic nitrogens is 1. The molecule has 1 heterocycles. The van der Waals surface area contributed by atoms with Crippen molar-refractivity contribution in [2.75, 3.05) is 19.4 Å². The first-order chi connectivity index (χ1) is 13.3. The van der Waals surface area contributed by atoms with Crippen LogP contribution in [0.4, 0.5) is 5.69 Å². The second-order valence-electron chi connectivity index (χ2n) is 6.83. The van der Waals surface area contributed by atoms with Crippen LogP contribution in [0.5, 0.6) is 0 Å². The quantitative estimate of drug-likeness (QED) is 0.633. The Morgan fingerprint density at radius 3 is 2.14 bits per heavy atom. The Morgan fingerprint density at radius 1 is 0.964 bits per heavy atom. The zero-order valence-corrected chi connectivity index (χ0v) is 17.9. The number of anilines is 1. The van der Waals surface area contributed by atoms with E-state index < -0.39 is 0 Å². The number of carbonyl (C=O) groups is 2. The molecule has 28 heavy (non-hydrogen) atoms. The van der Waals surface area contributed by atoms with Crippen LogP contribution in [0.3, 0.4) is 0 Å². The third kappa shape index (κ3) is 4.02. The van der Waals surface area contributed by atoms with Crippen molar-refractivity contribution in [2.24, 2.45) is 0 Å². The Bertz CT molecular complexity index is 1020. The first-order valence-corrected chi connectivity index (χ1v) is 9.65. The van der Waals surface area contributed by atoms with Gasteiger partial charge in [-0.2, -0.15) is 0 Å². The molecule has 0 radical (unpaired) electrons. The minimum Gasteiger partial charge on any atom is -0.345 e. The molecule has 2 aromatic carbocycles. The summed E-state index contributed by atoms with van der Waals surface area (Å²) < 4.78 is 3.06. The van der Waals surface area contributed by atoms with Crippen LogP contribution >= 0.6 is 15.9 Å². The molecule has 0 unspecified atom stereocenters. The van der Waals surface area contributed by atoms with Gasteiger partial charge >= 0.3 is 0 Å². The molecule has 0 aliphatic rings. The normalized spacial score (nSPS) is 10.6. The predicted octanol–water partition coefficient (Wildman–Crippen LogP) is 4.81. The maximum Gasteiger partial charge on any atom is 0.257 e. The molecule has 2 amide bonds. The average molecular weight is 440 g/mol. The summed E-state index contributed by atoms with van der Waals surface area (Å²) in [5.74, 6) is -0.251. The van der Waals surface area contributed by atoms with Crippen molar-refractivity contribution in [1.82, 2.24) is 9.47 Å². The Morgan fingerprint density at radius 2 is 1.57 bits per heavy atom. The van der Waals surface area contributed by atoms with Gasteiger partial charge in [0.15, 0.2) is 0 Å². The van der Waals surface area contributed by atoms with Crippen LogP contribution in [0.1, 0.15) is 32.1 Å². The number of benzene rings is 2. The van der Waals surface area contributed by atoms with E-state index in [2.05, 4.69) is 25.8 Å². The fourth-order valence-corrected chi connectivity index (χ4v) is 3.40. The fourth-order valence-electron chi connectivity index (χ4n) is 3.13. The highest BCUT2D eigenvalue weighted by molar-refractivity contribution is 9.10. The van der Waals surface area contributed by atoms with Gasteiger partial charge in [-0.15, -0.1) is 0 Å². The maximum atomic E-state index is 12.8. The highest BCUT2D eigenvalue weighted by atomic mass is 79.9. The van der Waals surface area contributed by atoms with E-state index in [1.807, 2.05) is 44.2 Å². The number of halogens is 1. The largest absolute Gasteiger partial charge is 0.345 e. The molecule has 0 saturated heterocycles. The molecule has 6 heteroatoms. The second-order valence-corrected chi connectivity index (χ2v) is 7.74. The van der Waals surface area contributed by atoms with Crippen molar-refractivity contribution >= 4 is 33.4 Å². The molecule has 5 nitrogen and oxygen atoms in total. The number of carbonyl (C=O) groups excluding carboxylic acids is 2. The van der Waals surface area contributed by atoms with Crippen molar-refractivity contribution in [3.8, 4) is 5.69 Å². The Hall–Kier alpha value is -2.86. The van der Waals surface area contributed by atoms with Gasteiger partial charge in [0.05, 0.1) is 5.56 Å². The van der Waals surface area contributed by atoms with Gasteiger partial charge in [-0.1, -0.05) is 15.9 Å². The number of nitrogens with one attached hydrogen (secondary N) is 1. The monoisotopic (exact) mass is 439 g/mol. The lowest BCUT2D eigenvalue weighted by Gasteiger charge is -2.11. The van der Waals surface area contributed by atoms with Crippen molar-refractivity contribution in [3.63, 3.8) is 0 Å². The van der Waals surface area contributed by atoms with Gasteiger partial charge in [-0.25, -0.2) is 0 Å². The number of hydrogen-bond donors (Lipinski definition) is 1. The summed E-state index contributed by atoms with van der Waals surface area (Å²) in [6.45, 7) is 3.91. The van der Waals surface area contributed by atoms with Crippen LogP contribution in [0.25, 0.3) is 5.69 Å². The summed E-state index contributed by atoms with van der Waals surface area (Å²) in [4.78, 5) is 26.3. The number of hydrogen-bond acceptors (Lipinski definition) is 2. The molecule has 3 aromatic rings. The molecule has 0 spiro atoms. The summed E-state index contributed by atoms with van der Waals surface area (Å²) in [5, 5.41) is 2.91. The maximum absolute atomic E-state index is 12.8. The zero-order chi connectivity index (χ0) is 20.4. The van der Waals surface area contributed by atoms with Gasteiger partial charge in [0.2, 0.25) is 0 Å². The van der Waals surface area contributed by atoms with Gasteiger partial charge in [0, 0.05) is 46.9 Å². The standard InChI is InChI=1S/C22H22BrN3O2/c1-14-13-20(15(2)26(14)19-11-7-17(23)8-12-19)21(27)24-18-9-5-16(6-10-18)22(28)25(3)4/h5-13H,1-4H3,(H,24,27). The number of amides is 2. The number of rotatable bonds is 4. The smallest absolute Gasteiger partial charge is 0.257 e. The SMILES string of the molecule is Cc1cc(C(=O)Nc2ccc(C(=O)N(C)C)cc2)c(C)n1-c1ccc(Br)cc1. The summed E-state index contributed by atoms with van der Waals surface area (Å²) in [6, 6.07) is 16.8. The van der Waals surface area contributed by atoms with E-state index in [0.29, 0.717) is 16.8 Å². The van der Waals surface area contributed by atoms with Crippen molar-refractivity contribution in [3.05, 3.63) is 81.6 Å². The molecule has 0 bridgehead atoms. The van der Waals surface area contributed by atoms with E-state index in [9.17, 15) is 9.59 Å². The highest BCUT2D eigenvalue weighted by Gasteiger charge is 2.17. The molecule has 1 aromatic heterocycles. The molecular weight excluding hydrogens is 418 g/mol. The van der Waals surface area contributed by atoms with Crippen LogP contribution in [-0.2, 0) is 0 Å². The average Bonchev–Trinajstić information content (AvgIpc) is 2.97. The Labute approximate surface area is 173 Å². The van der Waals surface area contributed by atoms with E-state index in [4.69, 9.17) is 0 Å². The van der Waals surface area contributed by atoms with Crippen LogP contribution in [0.15, 0.2) is 59.1 Å². The van der Waals surface area contributed by atoms with Crippen molar-refractivity contribution in [1.29, 1.82) is 0 Å². The van der Waals surface area contributed by atoms with Gasteiger partial charge in [-0.3, -0.25) is 9.59 Å². The van der Waals surface area contributed by atoms with Gasteiger partial charge in [-0.05, 0) is 68.4 Å². The predicted molar refractivity (Wildman–Crippen MR) is 115 cm³/mol. The summed E-state index contributed by atoms with van der Waals surface area (Å²) in [5.41, 5.74) is 4.71. The lowest BCUT2D eigenvalue weighted by molar-refractivity contribution is 0.0827. The molecule has 0 fully saturated rings. The van der Waals surface area contributed by atoms with E-state index in [1.165, 1.54) is 4.90 Å². The Kier molecular flexibility index (Phi) is 5.70. The first kappa shape index (κ1) is 19.9. The Balaban J connectivity index is 1.83. The van der Waals surface area contributed by atoms with Crippen molar-refractivity contribution in [2.45, 2.75) is 13.8 Å². The molecule has 0 aliphatic heterocycles. The molecule has 3 rings (SSSR count). The van der Waals surface area contributed by atoms with Gasteiger partial charge in [0.25, 0.3) is 11.8 Å². The highest BCUT2D eigenvalue weighted by Crippen LogP contribution is 2.23. The number of aryl methyl sites for hydroxylation is 1. The van der Waals surface area contributed by atoms with Crippen LogP contribution in [0, 0.1) is 13.8 Å². The summed E-state index contributed by atoms with van der Waals surface area (Å²) in [6.07, 6.45) is 0. The minimum atomic E-state index is -0.178. The second kappa shape index (κ2) is 8.02. The van der Waals surface area contributed by atoms with E-state index in [0.717, 1.165) is 21.5 Å². The van der Waals surface area contributed by atoms with Crippen LogP contribution < -0.4 is 5.32 Å². The third-order valence-electron chi connectivity index (χ3n) is 4.56. The molecule has 0 saturated carbocycles. The zero-order valence-electron chi connectivity index (χ0n) is 16.3. The molecule has 0 atom stereocenters. The topological polar surface area (TPSA) is 54.3 Å². The van der Waals surface area contributed by atoms with Crippen LogP contribution in [-0.4, -0.2) is 35.4 Å². The minimum absolute atomic E-state index is 0.0732. The van der Waals surface area contributed by atoms with E-state index in [-0.39, 0.29) is 11.8 Å². The van der Waals surface area contributed by atoms with Crippen molar-refractivity contribution < 1.29 is 9.59 Å². The third-order valence-corrected chi connectivity index (χ3v) is 5.09. The molecular formula is C22H22BrN3O2. The first-order valence-electron chi connectivity index (χ1n) is 8.86. The molecule has 1 N–H and O–H groups in total. The fraction of sp³-hybridized carbons (Fsp3) is 0.182. The molecule has 0 aliphatic carbocycles. The van der Waals surface area contributed by atoms with Gasteiger partial charge in [0.1, 0.15) is 0 Å². The van der Waals surface area contributed by atoms with Gasteiger partial charge < -0.3 is 14.8 Å².